The highest BCUT2D eigenvalue weighted by molar-refractivity contribution is 7.99. The number of furan rings is 1. The number of amides is 1. The predicted octanol–water partition coefficient (Wildman–Crippen LogP) is 5.95. The van der Waals surface area contributed by atoms with E-state index in [1.165, 1.54) is 23.8 Å². The Labute approximate surface area is 218 Å². The molecule has 0 spiro atoms. The van der Waals surface area contributed by atoms with E-state index in [1.807, 2.05) is 12.1 Å². The van der Waals surface area contributed by atoms with Gasteiger partial charge in [0.15, 0.2) is 5.16 Å². The number of fused-ring (bicyclic) bond motifs is 3. The van der Waals surface area contributed by atoms with Crippen LogP contribution in [0, 0.1) is 0 Å². The van der Waals surface area contributed by atoms with Crippen molar-refractivity contribution in [2.24, 2.45) is 0 Å². The van der Waals surface area contributed by atoms with Gasteiger partial charge in [0.05, 0.1) is 25.0 Å². The summed E-state index contributed by atoms with van der Waals surface area (Å²) in [5, 5.41) is 3.38. The van der Waals surface area contributed by atoms with Crippen LogP contribution in [0.15, 0.2) is 87.2 Å². The Bertz CT molecular complexity index is 1710. The Kier molecular flexibility index (Phi) is 6.85. The number of aromatic nitrogens is 2. The number of halogens is 3. The highest BCUT2D eigenvalue weighted by Crippen LogP contribution is 2.31. The van der Waals surface area contributed by atoms with Crippen molar-refractivity contribution in [2.45, 2.75) is 17.9 Å². The van der Waals surface area contributed by atoms with Gasteiger partial charge in [-0.05, 0) is 36.4 Å². The number of methoxy groups -OCH3 is 1. The maximum absolute atomic E-state index is 13.6. The van der Waals surface area contributed by atoms with E-state index < -0.39 is 23.2 Å². The molecule has 0 saturated heterocycles. The average Bonchev–Trinajstić information content (AvgIpc) is 3.28. The van der Waals surface area contributed by atoms with Crippen LogP contribution in [0.4, 0.5) is 18.9 Å². The molecule has 0 saturated carbocycles. The van der Waals surface area contributed by atoms with Crippen LogP contribution in [0.2, 0.25) is 0 Å². The van der Waals surface area contributed by atoms with Crippen molar-refractivity contribution in [2.75, 3.05) is 18.2 Å². The van der Waals surface area contributed by atoms with E-state index in [0.29, 0.717) is 27.8 Å². The summed E-state index contributed by atoms with van der Waals surface area (Å²) in [5.74, 6) is -0.178. The number of carbonyl (C=O) groups excluding carboxylic acids is 1. The minimum atomic E-state index is -4.53. The number of carbonyl (C=O) groups is 1. The number of nitrogens with zero attached hydrogens (tertiary/aromatic N) is 2. The van der Waals surface area contributed by atoms with Gasteiger partial charge in [-0.3, -0.25) is 14.2 Å². The van der Waals surface area contributed by atoms with Gasteiger partial charge in [-0.25, -0.2) is 4.98 Å². The molecule has 5 rings (SSSR count). The summed E-state index contributed by atoms with van der Waals surface area (Å²) in [4.78, 5) is 30.9. The van der Waals surface area contributed by atoms with Gasteiger partial charge >= 0.3 is 6.18 Å². The minimum absolute atomic E-state index is 0.0149. The third-order valence-electron chi connectivity index (χ3n) is 5.77. The zero-order valence-corrected chi connectivity index (χ0v) is 20.7. The van der Waals surface area contributed by atoms with Gasteiger partial charge in [-0.1, -0.05) is 48.2 Å². The van der Waals surface area contributed by atoms with Crippen molar-refractivity contribution in [3.8, 4) is 5.75 Å². The standard InChI is InChI=1S/C27H20F3N3O4S/c1-36-20-11-4-2-7-16(20)14-33-25(35)24-23(19-10-3-5-12-21(19)37-24)32-26(33)38-15-22(34)31-18-9-6-8-17(13-18)27(28,29)30/h2-13H,14-15H2,1H3,(H,31,34). The highest BCUT2D eigenvalue weighted by Gasteiger charge is 2.30. The molecule has 11 heteroatoms. The number of ether oxygens (including phenoxy) is 1. The first-order chi connectivity index (χ1) is 18.2. The molecule has 1 N–H and O–H groups in total. The quantitative estimate of drug-likeness (QED) is 0.203. The Morgan fingerprint density at radius 2 is 1.84 bits per heavy atom. The molecule has 7 nitrogen and oxygen atoms in total. The summed E-state index contributed by atoms with van der Waals surface area (Å²) in [6, 6.07) is 18.7. The van der Waals surface area contributed by atoms with Gasteiger partial charge in [-0.15, -0.1) is 0 Å². The van der Waals surface area contributed by atoms with Crippen LogP contribution >= 0.6 is 11.8 Å². The molecule has 0 aliphatic heterocycles. The second-order valence-electron chi connectivity index (χ2n) is 8.29. The van der Waals surface area contributed by atoms with Crippen LogP contribution in [0.3, 0.4) is 0 Å². The van der Waals surface area contributed by atoms with E-state index in [1.54, 1.807) is 36.4 Å². The smallest absolute Gasteiger partial charge is 0.416 e. The number of rotatable bonds is 7. The number of thioether (sulfide) groups is 1. The largest absolute Gasteiger partial charge is 0.496 e. The predicted molar refractivity (Wildman–Crippen MR) is 139 cm³/mol. The van der Waals surface area contributed by atoms with Crippen LogP contribution in [0.25, 0.3) is 22.1 Å². The van der Waals surface area contributed by atoms with Gasteiger partial charge in [0.25, 0.3) is 5.56 Å². The zero-order valence-electron chi connectivity index (χ0n) is 19.9. The fraction of sp³-hybridized carbons (Fsp3) is 0.148. The maximum atomic E-state index is 13.6. The number of para-hydroxylation sites is 2. The summed E-state index contributed by atoms with van der Waals surface area (Å²) < 4.78 is 51.7. The fourth-order valence-corrected chi connectivity index (χ4v) is 4.80. The fourth-order valence-electron chi connectivity index (χ4n) is 4.01. The molecule has 5 aromatic rings. The van der Waals surface area contributed by atoms with Crippen molar-refractivity contribution in [1.29, 1.82) is 0 Å². The number of anilines is 1. The van der Waals surface area contributed by atoms with Crippen LogP contribution in [-0.2, 0) is 17.5 Å². The molecule has 0 atom stereocenters. The molecule has 3 aromatic carbocycles. The summed E-state index contributed by atoms with van der Waals surface area (Å²) in [6.45, 7) is 0.0976. The lowest BCUT2D eigenvalue weighted by molar-refractivity contribution is -0.137. The van der Waals surface area contributed by atoms with Crippen molar-refractivity contribution >= 4 is 45.4 Å². The molecule has 0 radical (unpaired) electrons. The summed E-state index contributed by atoms with van der Waals surface area (Å²) in [5.41, 5.74) is 0.373. The van der Waals surface area contributed by atoms with Crippen LogP contribution in [0.5, 0.6) is 5.75 Å². The normalized spacial score (nSPS) is 11.7. The molecule has 0 fully saturated rings. The van der Waals surface area contributed by atoms with Crippen molar-refractivity contribution in [1.82, 2.24) is 9.55 Å². The van der Waals surface area contributed by atoms with E-state index in [4.69, 9.17) is 9.15 Å². The van der Waals surface area contributed by atoms with Crippen LogP contribution in [0.1, 0.15) is 11.1 Å². The van der Waals surface area contributed by atoms with Crippen LogP contribution < -0.4 is 15.6 Å². The molecule has 194 valence electrons. The average molecular weight is 540 g/mol. The second kappa shape index (κ2) is 10.3. The van der Waals surface area contributed by atoms with E-state index in [9.17, 15) is 22.8 Å². The molecule has 1 amide bonds. The number of alkyl halides is 3. The number of hydrogen-bond acceptors (Lipinski definition) is 6. The monoisotopic (exact) mass is 539 g/mol. The first-order valence-corrected chi connectivity index (χ1v) is 12.4. The lowest BCUT2D eigenvalue weighted by atomic mass is 10.2. The zero-order chi connectivity index (χ0) is 26.9. The molecule has 0 aliphatic rings. The Morgan fingerprint density at radius 1 is 1.08 bits per heavy atom. The van der Waals surface area contributed by atoms with Gasteiger partial charge in [0, 0.05) is 16.6 Å². The summed E-state index contributed by atoms with van der Waals surface area (Å²) in [6.07, 6.45) is -4.53. The Balaban J connectivity index is 1.49. The topological polar surface area (TPSA) is 86.4 Å². The van der Waals surface area contributed by atoms with Crippen molar-refractivity contribution < 1.29 is 27.1 Å². The van der Waals surface area contributed by atoms with Gasteiger partial charge in [0.1, 0.15) is 16.8 Å². The van der Waals surface area contributed by atoms with Crippen molar-refractivity contribution in [3.63, 3.8) is 0 Å². The van der Waals surface area contributed by atoms with E-state index in [0.717, 1.165) is 23.9 Å². The lowest BCUT2D eigenvalue weighted by Crippen LogP contribution is -2.24. The minimum Gasteiger partial charge on any atom is -0.496 e. The molecule has 2 heterocycles. The van der Waals surface area contributed by atoms with Gasteiger partial charge in [-0.2, -0.15) is 13.2 Å². The van der Waals surface area contributed by atoms with Gasteiger partial charge in [0.2, 0.25) is 11.5 Å². The highest BCUT2D eigenvalue weighted by atomic mass is 32.2. The van der Waals surface area contributed by atoms with Crippen molar-refractivity contribution in [3.05, 3.63) is 94.3 Å². The molecule has 38 heavy (non-hydrogen) atoms. The Hall–Kier alpha value is -4.25. The molecule has 2 aromatic heterocycles. The summed E-state index contributed by atoms with van der Waals surface area (Å²) >= 11 is 0.993. The number of nitrogens with one attached hydrogen (secondary N) is 1. The lowest BCUT2D eigenvalue weighted by Gasteiger charge is -2.14. The molecule has 0 bridgehead atoms. The number of hydrogen-bond donors (Lipinski definition) is 1. The molecular formula is C27H20F3N3O4S. The molecule has 0 unspecified atom stereocenters. The third kappa shape index (κ3) is 5.10. The Morgan fingerprint density at radius 3 is 2.63 bits per heavy atom. The van der Waals surface area contributed by atoms with E-state index >= 15 is 0 Å². The number of benzene rings is 3. The third-order valence-corrected chi connectivity index (χ3v) is 6.75. The first kappa shape index (κ1) is 25.4. The first-order valence-electron chi connectivity index (χ1n) is 11.4. The van der Waals surface area contributed by atoms with E-state index in [-0.39, 0.29) is 28.7 Å². The molecular weight excluding hydrogens is 519 g/mol. The maximum Gasteiger partial charge on any atom is 0.416 e. The van der Waals surface area contributed by atoms with Crippen LogP contribution in [-0.4, -0.2) is 28.3 Å². The second-order valence-corrected chi connectivity index (χ2v) is 9.23. The summed E-state index contributed by atoms with van der Waals surface area (Å²) in [7, 11) is 1.52. The van der Waals surface area contributed by atoms with E-state index in [2.05, 4.69) is 10.3 Å². The SMILES string of the molecule is COc1ccccc1Cn1c(SCC(=O)Nc2cccc(C(F)(F)F)c2)nc2c(oc3ccccc32)c1=O. The molecule has 0 aliphatic carbocycles. The van der Waals surface area contributed by atoms with Gasteiger partial charge < -0.3 is 14.5 Å².